The molecule has 6 nitrogen and oxygen atoms in total. The van der Waals surface area contributed by atoms with Crippen LogP contribution in [-0.4, -0.2) is 34.6 Å². The van der Waals surface area contributed by atoms with Crippen molar-refractivity contribution >= 4 is 22.6 Å². The molecule has 3 rings (SSSR count). The molecule has 1 aromatic heterocycles. The van der Waals surface area contributed by atoms with Gasteiger partial charge in [-0.3, -0.25) is 9.59 Å². The maximum absolute atomic E-state index is 12.8. The van der Waals surface area contributed by atoms with Gasteiger partial charge in [0.2, 0.25) is 0 Å². The molecule has 0 saturated heterocycles. The van der Waals surface area contributed by atoms with Crippen LogP contribution in [0.15, 0.2) is 48.5 Å². The molecule has 0 unspecified atom stereocenters. The highest BCUT2D eigenvalue weighted by molar-refractivity contribution is 6.02. The van der Waals surface area contributed by atoms with Crippen LogP contribution < -0.4 is 5.32 Å². The van der Waals surface area contributed by atoms with Crippen LogP contribution in [-0.2, 0) is 16.0 Å². The van der Waals surface area contributed by atoms with Gasteiger partial charge in [-0.05, 0) is 44.4 Å². The molecule has 156 valence electrons. The lowest BCUT2D eigenvalue weighted by atomic mass is 9.98. The molecule has 2 aromatic carbocycles. The van der Waals surface area contributed by atoms with E-state index in [0.29, 0.717) is 11.1 Å². The second-order valence-electron chi connectivity index (χ2n) is 8.03. The van der Waals surface area contributed by atoms with Crippen LogP contribution in [0.25, 0.3) is 10.8 Å². The Morgan fingerprint density at radius 1 is 1.07 bits per heavy atom. The normalized spacial score (nSPS) is 11.3. The highest BCUT2D eigenvalue weighted by atomic mass is 16.5. The average molecular weight is 406 g/mol. The van der Waals surface area contributed by atoms with Crippen molar-refractivity contribution in [2.24, 2.45) is 0 Å². The van der Waals surface area contributed by atoms with E-state index in [9.17, 15) is 14.7 Å². The number of aromatic nitrogens is 1. The van der Waals surface area contributed by atoms with Crippen LogP contribution in [0.5, 0.6) is 5.75 Å². The van der Waals surface area contributed by atoms with Crippen molar-refractivity contribution in [3.63, 3.8) is 0 Å². The van der Waals surface area contributed by atoms with Gasteiger partial charge in [-0.25, -0.2) is 4.98 Å². The Hall–Kier alpha value is -3.41. The Kier molecular flexibility index (Phi) is 6.06. The summed E-state index contributed by atoms with van der Waals surface area (Å²) in [6, 6.07) is 15.9. The van der Waals surface area contributed by atoms with Crippen LogP contribution in [0.3, 0.4) is 0 Å². The summed E-state index contributed by atoms with van der Waals surface area (Å²) in [5.41, 5.74) is 2.02. The van der Waals surface area contributed by atoms with Gasteiger partial charge in [-0.15, -0.1) is 0 Å². The smallest absolute Gasteiger partial charge is 0.307 e. The summed E-state index contributed by atoms with van der Waals surface area (Å²) in [6.45, 7) is 5.23. The number of amides is 1. The quantitative estimate of drug-likeness (QED) is 0.606. The molecule has 0 radical (unpaired) electrons. The summed E-state index contributed by atoms with van der Waals surface area (Å²) >= 11 is 0. The summed E-state index contributed by atoms with van der Waals surface area (Å²) in [7, 11) is 1.30. The number of carbonyl (C=O) groups is 2. The molecule has 0 aliphatic carbocycles. The standard InChI is InChI=1S/C24H26N2O4/c1-15-19-13-17(12-16-8-6-5-7-9-16)10-11-18(19)22(28)21(25-15)23(29)26-24(2,3)14-20(27)30-4/h5-11,13,28H,12,14H2,1-4H3,(H,26,29). The highest BCUT2D eigenvalue weighted by Crippen LogP contribution is 2.31. The van der Waals surface area contributed by atoms with Crippen molar-refractivity contribution in [1.29, 1.82) is 0 Å². The third kappa shape index (κ3) is 4.76. The van der Waals surface area contributed by atoms with E-state index in [1.807, 2.05) is 43.3 Å². The zero-order valence-electron chi connectivity index (χ0n) is 17.7. The first kappa shape index (κ1) is 21.3. The number of rotatable bonds is 6. The van der Waals surface area contributed by atoms with E-state index in [1.165, 1.54) is 12.7 Å². The molecule has 2 N–H and O–H groups in total. The zero-order valence-corrected chi connectivity index (χ0v) is 17.7. The van der Waals surface area contributed by atoms with Crippen LogP contribution in [0.1, 0.15) is 47.6 Å². The van der Waals surface area contributed by atoms with Gasteiger partial charge >= 0.3 is 5.97 Å². The molecule has 0 aliphatic heterocycles. The van der Waals surface area contributed by atoms with E-state index < -0.39 is 17.4 Å². The third-order valence-electron chi connectivity index (χ3n) is 4.96. The molecule has 0 atom stereocenters. The number of benzene rings is 2. The molecule has 0 bridgehead atoms. The van der Waals surface area contributed by atoms with Crippen molar-refractivity contribution in [2.45, 2.75) is 39.2 Å². The lowest BCUT2D eigenvalue weighted by Crippen LogP contribution is -2.45. The Bertz CT molecular complexity index is 1090. The third-order valence-corrected chi connectivity index (χ3v) is 4.96. The zero-order chi connectivity index (χ0) is 21.9. The summed E-state index contributed by atoms with van der Waals surface area (Å²) in [5, 5.41) is 14.8. The van der Waals surface area contributed by atoms with Crippen molar-refractivity contribution in [1.82, 2.24) is 10.3 Å². The number of carbonyl (C=O) groups excluding carboxylic acids is 2. The molecule has 30 heavy (non-hydrogen) atoms. The van der Waals surface area contributed by atoms with E-state index in [1.54, 1.807) is 13.8 Å². The van der Waals surface area contributed by atoms with Gasteiger partial charge in [0.05, 0.1) is 13.5 Å². The Morgan fingerprint density at radius 2 is 1.77 bits per heavy atom. The van der Waals surface area contributed by atoms with Gasteiger partial charge in [0.15, 0.2) is 11.4 Å². The average Bonchev–Trinajstić information content (AvgIpc) is 2.70. The van der Waals surface area contributed by atoms with Crippen molar-refractivity contribution < 1.29 is 19.4 Å². The van der Waals surface area contributed by atoms with Crippen LogP contribution in [0.4, 0.5) is 0 Å². The first-order valence-corrected chi connectivity index (χ1v) is 9.75. The summed E-state index contributed by atoms with van der Waals surface area (Å²) in [6.07, 6.45) is 0.770. The molecule has 6 heteroatoms. The van der Waals surface area contributed by atoms with E-state index in [2.05, 4.69) is 27.2 Å². The fourth-order valence-electron chi connectivity index (χ4n) is 3.45. The van der Waals surface area contributed by atoms with Crippen LogP contribution in [0.2, 0.25) is 0 Å². The van der Waals surface area contributed by atoms with Gasteiger partial charge in [0, 0.05) is 22.0 Å². The van der Waals surface area contributed by atoms with Gasteiger partial charge < -0.3 is 15.2 Å². The molecule has 0 saturated carbocycles. The monoisotopic (exact) mass is 406 g/mol. The number of ether oxygens (including phenoxy) is 1. The van der Waals surface area contributed by atoms with Gasteiger partial charge in [-0.2, -0.15) is 0 Å². The minimum atomic E-state index is -0.847. The Morgan fingerprint density at radius 3 is 2.43 bits per heavy atom. The molecular formula is C24H26N2O4. The number of aromatic hydroxyl groups is 1. The molecule has 0 fully saturated rings. The van der Waals surface area contributed by atoms with Crippen LogP contribution >= 0.6 is 0 Å². The number of nitrogens with one attached hydrogen (secondary N) is 1. The molecule has 0 spiro atoms. The predicted molar refractivity (Wildman–Crippen MR) is 116 cm³/mol. The van der Waals surface area contributed by atoms with E-state index in [0.717, 1.165) is 17.4 Å². The minimum Gasteiger partial charge on any atom is -0.505 e. The number of aryl methyl sites for hydroxylation is 1. The second-order valence-corrected chi connectivity index (χ2v) is 8.03. The number of nitrogens with zero attached hydrogens (tertiary/aromatic N) is 1. The van der Waals surface area contributed by atoms with E-state index in [4.69, 9.17) is 0 Å². The minimum absolute atomic E-state index is 0.00537. The summed E-state index contributed by atoms with van der Waals surface area (Å²) < 4.78 is 4.67. The van der Waals surface area contributed by atoms with Crippen molar-refractivity contribution in [3.05, 3.63) is 71.0 Å². The number of pyridine rings is 1. The molecule has 3 aromatic rings. The van der Waals surface area contributed by atoms with E-state index >= 15 is 0 Å². The fraction of sp³-hybridized carbons (Fsp3) is 0.292. The lowest BCUT2D eigenvalue weighted by molar-refractivity contribution is -0.141. The van der Waals surface area contributed by atoms with Gasteiger partial charge in [0.25, 0.3) is 5.91 Å². The predicted octanol–water partition coefficient (Wildman–Crippen LogP) is 3.91. The van der Waals surface area contributed by atoms with Crippen molar-refractivity contribution in [2.75, 3.05) is 7.11 Å². The van der Waals surface area contributed by atoms with Crippen molar-refractivity contribution in [3.8, 4) is 5.75 Å². The number of esters is 1. The number of hydrogen-bond donors (Lipinski definition) is 2. The Labute approximate surface area is 175 Å². The second kappa shape index (κ2) is 8.53. The Balaban J connectivity index is 1.90. The van der Waals surface area contributed by atoms with Crippen LogP contribution in [0, 0.1) is 6.92 Å². The van der Waals surface area contributed by atoms with Gasteiger partial charge in [-0.1, -0.05) is 42.5 Å². The summed E-state index contributed by atoms with van der Waals surface area (Å²) in [4.78, 5) is 28.7. The lowest BCUT2D eigenvalue weighted by Gasteiger charge is -2.25. The van der Waals surface area contributed by atoms with E-state index in [-0.39, 0.29) is 17.9 Å². The first-order chi connectivity index (χ1) is 14.2. The maximum Gasteiger partial charge on any atom is 0.307 e. The molecule has 1 amide bonds. The summed E-state index contributed by atoms with van der Waals surface area (Å²) in [5.74, 6) is -1.15. The molecular weight excluding hydrogens is 380 g/mol. The number of hydrogen-bond acceptors (Lipinski definition) is 5. The maximum atomic E-state index is 12.8. The fourth-order valence-corrected chi connectivity index (χ4v) is 3.45. The molecule has 0 aliphatic rings. The largest absolute Gasteiger partial charge is 0.505 e. The SMILES string of the molecule is COC(=O)CC(C)(C)NC(=O)c1nc(C)c2cc(Cc3ccccc3)ccc2c1O. The number of fused-ring (bicyclic) bond motifs is 1. The highest BCUT2D eigenvalue weighted by Gasteiger charge is 2.27. The van der Waals surface area contributed by atoms with Gasteiger partial charge in [0.1, 0.15) is 0 Å². The topological polar surface area (TPSA) is 88.5 Å². The first-order valence-electron chi connectivity index (χ1n) is 9.75. The molecule has 1 heterocycles. The number of methoxy groups -OCH3 is 1.